The van der Waals surface area contributed by atoms with Crippen LogP contribution in [0, 0.1) is 17.0 Å². The van der Waals surface area contributed by atoms with E-state index in [2.05, 4.69) is 10.3 Å². The first-order chi connectivity index (χ1) is 8.58. The van der Waals surface area contributed by atoms with E-state index in [-0.39, 0.29) is 10.6 Å². The lowest BCUT2D eigenvalue weighted by atomic mass is 10.1. The number of aromatic nitrogens is 1. The van der Waals surface area contributed by atoms with Crippen molar-refractivity contribution < 1.29 is 4.92 Å². The lowest BCUT2D eigenvalue weighted by Crippen LogP contribution is -2.02. The summed E-state index contributed by atoms with van der Waals surface area (Å²) in [6.07, 6.45) is 1.59. The van der Waals surface area contributed by atoms with E-state index in [0.29, 0.717) is 16.4 Å². The molecule has 0 saturated heterocycles. The SMILES string of the molecule is Cc1c(NCc2ncc(Cl)s2)cccc1[N+](=O)[O-]. The third-order valence-corrected chi connectivity index (χ3v) is 3.57. The molecule has 5 nitrogen and oxygen atoms in total. The summed E-state index contributed by atoms with van der Waals surface area (Å²) in [5.74, 6) is 0. The van der Waals surface area contributed by atoms with Gasteiger partial charge in [0.2, 0.25) is 0 Å². The molecule has 1 heterocycles. The molecule has 0 aliphatic rings. The van der Waals surface area contributed by atoms with Crippen molar-refractivity contribution in [1.29, 1.82) is 0 Å². The Balaban J connectivity index is 2.14. The number of rotatable bonds is 4. The van der Waals surface area contributed by atoms with Gasteiger partial charge in [-0.05, 0) is 13.0 Å². The average molecular weight is 284 g/mol. The Labute approximate surface area is 113 Å². The van der Waals surface area contributed by atoms with Crippen molar-refractivity contribution in [2.75, 3.05) is 5.32 Å². The van der Waals surface area contributed by atoms with Gasteiger partial charge in [-0.25, -0.2) is 4.98 Å². The second kappa shape index (κ2) is 5.32. The topological polar surface area (TPSA) is 68.1 Å². The molecule has 0 radical (unpaired) electrons. The molecule has 0 saturated carbocycles. The fourth-order valence-corrected chi connectivity index (χ4v) is 2.45. The van der Waals surface area contributed by atoms with Crippen LogP contribution in [0.1, 0.15) is 10.6 Å². The molecule has 1 aromatic carbocycles. The van der Waals surface area contributed by atoms with Gasteiger partial charge in [-0.2, -0.15) is 0 Å². The lowest BCUT2D eigenvalue weighted by molar-refractivity contribution is -0.385. The van der Waals surface area contributed by atoms with Gasteiger partial charge in [0.15, 0.2) is 0 Å². The van der Waals surface area contributed by atoms with Crippen LogP contribution in [0.5, 0.6) is 0 Å². The fraction of sp³-hybridized carbons (Fsp3) is 0.182. The molecule has 0 fully saturated rings. The summed E-state index contributed by atoms with van der Waals surface area (Å²) >= 11 is 7.16. The minimum Gasteiger partial charge on any atom is -0.378 e. The summed E-state index contributed by atoms with van der Waals surface area (Å²) in [5, 5.41) is 14.8. The maximum absolute atomic E-state index is 10.8. The first-order valence-electron chi connectivity index (χ1n) is 5.16. The first-order valence-corrected chi connectivity index (χ1v) is 6.35. The summed E-state index contributed by atoms with van der Waals surface area (Å²) in [7, 11) is 0. The monoisotopic (exact) mass is 283 g/mol. The Bertz CT molecular complexity index is 585. The molecule has 0 aliphatic heterocycles. The summed E-state index contributed by atoms with van der Waals surface area (Å²) < 4.78 is 0.627. The van der Waals surface area contributed by atoms with E-state index in [1.54, 1.807) is 25.3 Å². The van der Waals surface area contributed by atoms with E-state index >= 15 is 0 Å². The smallest absolute Gasteiger partial charge is 0.274 e. The highest BCUT2D eigenvalue weighted by atomic mass is 35.5. The van der Waals surface area contributed by atoms with E-state index in [9.17, 15) is 10.1 Å². The van der Waals surface area contributed by atoms with Crippen LogP contribution in [0.3, 0.4) is 0 Å². The minimum absolute atomic E-state index is 0.108. The van der Waals surface area contributed by atoms with Gasteiger partial charge in [0, 0.05) is 17.3 Å². The van der Waals surface area contributed by atoms with Gasteiger partial charge in [0.1, 0.15) is 9.34 Å². The molecule has 0 amide bonds. The van der Waals surface area contributed by atoms with Gasteiger partial charge in [0.25, 0.3) is 5.69 Å². The number of halogens is 1. The molecular weight excluding hydrogens is 274 g/mol. The van der Waals surface area contributed by atoms with Crippen molar-refractivity contribution >= 4 is 34.3 Å². The molecule has 0 atom stereocenters. The highest BCUT2D eigenvalue weighted by molar-refractivity contribution is 7.15. The van der Waals surface area contributed by atoms with Gasteiger partial charge in [0.05, 0.1) is 17.7 Å². The molecule has 0 aliphatic carbocycles. The Hall–Kier alpha value is -1.66. The molecule has 0 unspecified atom stereocenters. The zero-order chi connectivity index (χ0) is 13.1. The normalized spacial score (nSPS) is 10.3. The van der Waals surface area contributed by atoms with Crippen molar-refractivity contribution in [2.24, 2.45) is 0 Å². The molecule has 7 heteroatoms. The Kier molecular flexibility index (Phi) is 3.78. The van der Waals surface area contributed by atoms with E-state index in [1.807, 2.05) is 0 Å². The zero-order valence-corrected chi connectivity index (χ0v) is 11.1. The molecule has 2 aromatic rings. The zero-order valence-electron chi connectivity index (χ0n) is 9.51. The van der Waals surface area contributed by atoms with E-state index < -0.39 is 0 Å². The average Bonchev–Trinajstić information content (AvgIpc) is 2.73. The predicted molar refractivity (Wildman–Crippen MR) is 72.3 cm³/mol. The first kappa shape index (κ1) is 12.8. The third-order valence-electron chi connectivity index (χ3n) is 2.46. The molecule has 1 N–H and O–H groups in total. The Morgan fingerprint density at radius 2 is 2.33 bits per heavy atom. The van der Waals surface area contributed by atoms with Crippen LogP contribution in [-0.2, 0) is 6.54 Å². The third kappa shape index (κ3) is 2.77. The van der Waals surface area contributed by atoms with Crippen molar-refractivity contribution in [1.82, 2.24) is 4.98 Å². The van der Waals surface area contributed by atoms with Crippen molar-refractivity contribution in [3.63, 3.8) is 0 Å². The second-order valence-electron chi connectivity index (χ2n) is 3.62. The molecule has 0 bridgehead atoms. The van der Waals surface area contributed by atoms with Crippen LogP contribution in [0.15, 0.2) is 24.4 Å². The largest absolute Gasteiger partial charge is 0.378 e. The van der Waals surface area contributed by atoms with Crippen LogP contribution in [0.25, 0.3) is 0 Å². The van der Waals surface area contributed by atoms with Crippen molar-refractivity contribution in [3.8, 4) is 0 Å². The van der Waals surface area contributed by atoms with E-state index in [0.717, 1.165) is 10.7 Å². The highest BCUT2D eigenvalue weighted by Gasteiger charge is 2.13. The molecule has 1 aromatic heterocycles. The number of thiazole rings is 1. The number of nitro groups is 1. The van der Waals surface area contributed by atoms with Crippen molar-refractivity contribution in [2.45, 2.75) is 13.5 Å². The van der Waals surface area contributed by atoms with Gasteiger partial charge < -0.3 is 5.32 Å². The van der Waals surface area contributed by atoms with Crippen LogP contribution < -0.4 is 5.32 Å². The van der Waals surface area contributed by atoms with Crippen LogP contribution in [-0.4, -0.2) is 9.91 Å². The number of nitrogens with one attached hydrogen (secondary N) is 1. The Morgan fingerprint density at radius 1 is 1.56 bits per heavy atom. The quantitative estimate of drug-likeness (QED) is 0.687. The number of hydrogen-bond acceptors (Lipinski definition) is 5. The maximum atomic E-state index is 10.8. The second-order valence-corrected chi connectivity index (χ2v) is 5.36. The Morgan fingerprint density at radius 3 is 2.94 bits per heavy atom. The van der Waals surface area contributed by atoms with E-state index in [4.69, 9.17) is 11.6 Å². The minimum atomic E-state index is -0.388. The number of hydrogen-bond donors (Lipinski definition) is 1. The van der Waals surface area contributed by atoms with Crippen LogP contribution >= 0.6 is 22.9 Å². The fourth-order valence-electron chi connectivity index (χ4n) is 1.55. The van der Waals surface area contributed by atoms with Gasteiger partial charge in [-0.1, -0.05) is 17.7 Å². The van der Waals surface area contributed by atoms with Crippen molar-refractivity contribution in [3.05, 3.63) is 49.4 Å². The summed E-state index contributed by atoms with van der Waals surface area (Å²) in [6, 6.07) is 4.95. The van der Waals surface area contributed by atoms with Gasteiger partial charge in [-0.3, -0.25) is 10.1 Å². The standard InChI is InChI=1S/C11H10ClN3O2S/c1-7-8(3-2-4-9(7)15(16)17)13-6-11-14-5-10(12)18-11/h2-5,13H,6H2,1H3. The summed E-state index contributed by atoms with van der Waals surface area (Å²) in [4.78, 5) is 14.5. The van der Waals surface area contributed by atoms with Crippen LogP contribution in [0.2, 0.25) is 4.34 Å². The number of benzene rings is 1. The summed E-state index contributed by atoms with van der Waals surface area (Å²) in [6.45, 7) is 2.22. The molecule has 94 valence electrons. The van der Waals surface area contributed by atoms with Gasteiger partial charge in [-0.15, -0.1) is 11.3 Å². The molecule has 18 heavy (non-hydrogen) atoms. The highest BCUT2D eigenvalue weighted by Crippen LogP contribution is 2.26. The number of anilines is 1. The lowest BCUT2D eigenvalue weighted by Gasteiger charge is -2.07. The van der Waals surface area contributed by atoms with E-state index in [1.165, 1.54) is 17.4 Å². The summed E-state index contributed by atoms with van der Waals surface area (Å²) in [5.41, 5.74) is 1.46. The molecule has 0 spiro atoms. The maximum Gasteiger partial charge on any atom is 0.274 e. The predicted octanol–water partition coefficient (Wildman–Crippen LogP) is 3.63. The van der Waals surface area contributed by atoms with Crippen LogP contribution in [0.4, 0.5) is 11.4 Å². The number of nitrogens with zero attached hydrogens (tertiary/aromatic N) is 2. The molecular formula is C11H10ClN3O2S. The number of nitro benzene ring substituents is 1. The van der Waals surface area contributed by atoms with Gasteiger partial charge >= 0.3 is 0 Å². The molecule has 2 rings (SSSR count).